The van der Waals surface area contributed by atoms with Crippen molar-refractivity contribution in [2.24, 2.45) is 4.99 Å². The lowest BCUT2D eigenvalue weighted by atomic mass is 10.2. The molecule has 0 aliphatic heterocycles. The van der Waals surface area contributed by atoms with E-state index in [2.05, 4.69) is 4.99 Å². The van der Waals surface area contributed by atoms with Gasteiger partial charge in [-0.1, -0.05) is 17.4 Å². The van der Waals surface area contributed by atoms with E-state index in [4.69, 9.17) is 4.74 Å². The van der Waals surface area contributed by atoms with Crippen LogP contribution in [0.15, 0.2) is 35.3 Å². The number of ether oxygens (including phenoxy) is 1. The van der Waals surface area contributed by atoms with E-state index in [9.17, 15) is 22.4 Å². The molecule has 0 N–H and O–H groups in total. The summed E-state index contributed by atoms with van der Waals surface area (Å²) in [5.41, 5.74) is -0.774. The van der Waals surface area contributed by atoms with Gasteiger partial charge in [-0.25, -0.2) is 17.6 Å². The molecule has 0 unspecified atom stereocenters. The Kier molecular flexibility index (Phi) is 5.19. The summed E-state index contributed by atoms with van der Waals surface area (Å²) < 4.78 is 61.7. The molecule has 136 valence electrons. The van der Waals surface area contributed by atoms with E-state index >= 15 is 0 Å². The summed E-state index contributed by atoms with van der Waals surface area (Å²) in [6.07, 6.45) is 0. The fourth-order valence-electron chi connectivity index (χ4n) is 2.45. The van der Waals surface area contributed by atoms with Gasteiger partial charge in [0.25, 0.3) is 5.91 Å². The fourth-order valence-corrected chi connectivity index (χ4v) is 3.54. The van der Waals surface area contributed by atoms with Gasteiger partial charge in [0.1, 0.15) is 23.0 Å². The number of thiazole rings is 1. The number of carbonyl (C=O) groups excluding carboxylic acids is 1. The predicted octanol–water partition coefficient (Wildman–Crippen LogP) is 3.65. The van der Waals surface area contributed by atoms with Gasteiger partial charge in [0, 0.05) is 19.7 Å². The largest absolute Gasteiger partial charge is 0.383 e. The average molecular weight is 384 g/mol. The SMILES string of the molecule is COCCn1c(=NC(=O)c2c(F)cccc2F)sc2cc(F)cc(F)c21. The molecule has 26 heavy (non-hydrogen) atoms. The summed E-state index contributed by atoms with van der Waals surface area (Å²) >= 11 is 0.832. The number of halogens is 4. The highest BCUT2D eigenvalue weighted by Crippen LogP contribution is 2.22. The maximum atomic E-state index is 14.2. The average Bonchev–Trinajstić information content (AvgIpc) is 2.89. The van der Waals surface area contributed by atoms with Gasteiger partial charge in [0.15, 0.2) is 10.6 Å². The fraction of sp³-hybridized carbons (Fsp3) is 0.176. The third-order valence-corrected chi connectivity index (χ3v) is 4.61. The molecule has 2 aromatic carbocycles. The van der Waals surface area contributed by atoms with Crippen LogP contribution >= 0.6 is 11.3 Å². The predicted molar refractivity (Wildman–Crippen MR) is 87.9 cm³/mol. The smallest absolute Gasteiger partial charge is 0.285 e. The summed E-state index contributed by atoms with van der Waals surface area (Å²) in [5, 5.41) is 0. The first-order chi connectivity index (χ1) is 12.4. The van der Waals surface area contributed by atoms with Gasteiger partial charge in [-0.3, -0.25) is 4.79 Å². The minimum atomic E-state index is -1.15. The molecule has 1 aromatic heterocycles. The normalized spacial score (nSPS) is 12.1. The number of amides is 1. The third kappa shape index (κ3) is 3.40. The molecule has 0 fully saturated rings. The molecular formula is C17H12F4N2O2S. The summed E-state index contributed by atoms with van der Waals surface area (Å²) in [6, 6.07) is 4.80. The van der Waals surface area contributed by atoms with E-state index in [0.717, 1.165) is 35.6 Å². The Morgan fingerprint density at radius 3 is 2.50 bits per heavy atom. The second kappa shape index (κ2) is 7.38. The molecule has 3 aromatic rings. The van der Waals surface area contributed by atoms with E-state index in [-0.39, 0.29) is 28.2 Å². The first kappa shape index (κ1) is 18.3. The second-order valence-electron chi connectivity index (χ2n) is 5.28. The van der Waals surface area contributed by atoms with E-state index in [1.54, 1.807) is 0 Å². The van der Waals surface area contributed by atoms with Gasteiger partial charge in [0.2, 0.25) is 0 Å². The Hall–Kier alpha value is -2.52. The zero-order valence-corrected chi connectivity index (χ0v) is 14.2. The van der Waals surface area contributed by atoms with Crippen molar-refractivity contribution in [3.05, 3.63) is 64.0 Å². The number of carbonyl (C=O) groups is 1. The van der Waals surface area contributed by atoms with Crippen molar-refractivity contribution < 1.29 is 27.1 Å². The van der Waals surface area contributed by atoms with Crippen LogP contribution in [0.4, 0.5) is 17.6 Å². The molecule has 0 saturated carbocycles. The molecule has 1 amide bonds. The van der Waals surface area contributed by atoms with Crippen molar-refractivity contribution in [3.63, 3.8) is 0 Å². The minimum Gasteiger partial charge on any atom is -0.383 e. The Bertz CT molecular complexity index is 1040. The van der Waals surface area contributed by atoms with Crippen LogP contribution in [-0.4, -0.2) is 24.2 Å². The highest BCUT2D eigenvalue weighted by atomic mass is 32.1. The maximum Gasteiger partial charge on any atom is 0.285 e. The monoisotopic (exact) mass is 384 g/mol. The number of methoxy groups -OCH3 is 1. The first-order valence-electron chi connectivity index (χ1n) is 7.42. The van der Waals surface area contributed by atoms with Gasteiger partial charge in [0.05, 0.1) is 16.8 Å². The van der Waals surface area contributed by atoms with E-state index in [0.29, 0.717) is 6.07 Å². The standard InChI is InChI=1S/C17H12F4N2O2S/c1-25-6-5-23-15-12(21)7-9(18)8-13(15)26-17(23)22-16(24)14-10(19)3-2-4-11(14)20/h2-4,7-8H,5-6H2,1H3. The van der Waals surface area contributed by atoms with E-state index in [1.807, 2.05) is 0 Å². The van der Waals surface area contributed by atoms with Gasteiger partial charge in [-0.05, 0) is 18.2 Å². The van der Waals surface area contributed by atoms with Crippen LogP contribution in [0.5, 0.6) is 0 Å². The van der Waals surface area contributed by atoms with Gasteiger partial charge >= 0.3 is 0 Å². The van der Waals surface area contributed by atoms with Crippen LogP contribution in [0.1, 0.15) is 10.4 Å². The lowest BCUT2D eigenvalue weighted by Crippen LogP contribution is -2.20. The molecular weight excluding hydrogens is 372 g/mol. The number of hydrogen-bond acceptors (Lipinski definition) is 3. The topological polar surface area (TPSA) is 43.6 Å². The van der Waals surface area contributed by atoms with E-state index in [1.165, 1.54) is 11.7 Å². The molecule has 1 heterocycles. The highest BCUT2D eigenvalue weighted by molar-refractivity contribution is 7.16. The Morgan fingerprint density at radius 1 is 1.15 bits per heavy atom. The molecule has 0 atom stereocenters. The van der Waals surface area contributed by atoms with Crippen molar-refractivity contribution in [3.8, 4) is 0 Å². The second-order valence-corrected chi connectivity index (χ2v) is 6.29. The van der Waals surface area contributed by atoms with Crippen molar-refractivity contribution in [2.45, 2.75) is 6.54 Å². The molecule has 0 bridgehead atoms. The van der Waals surface area contributed by atoms with Crippen LogP contribution in [0.3, 0.4) is 0 Å². The molecule has 9 heteroatoms. The lowest BCUT2D eigenvalue weighted by molar-refractivity contribution is 0.0989. The molecule has 0 saturated heterocycles. The van der Waals surface area contributed by atoms with Crippen LogP contribution in [-0.2, 0) is 11.3 Å². The van der Waals surface area contributed by atoms with Crippen LogP contribution in [0.25, 0.3) is 10.2 Å². The molecule has 0 aliphatic rings. The maximum absolute atomic E-state index is 14.2. The van der Waals surface area contributed by atoms with E-state index < -0.39 is 34.7 Å². The highest BCUT2D eigenvalue weighted by Gasteiger charge is 2.18. The summed E-state index contributed by atoms with van der Waals surface area (Å²) in [7, 11) is 1.43. The molecule has 0 aliphatic carbocycles. The van der Waals surface area contributed by atoms with Crippen molar-refractivity contribution in [2.75, 3.05) is 13.7 Å². The number of fused-ring (bicyclic) bond motifs is 1. The molecule has 4 nitrogen and oxygen atoms in total. The van der Waals surface area contributed by atoms with Crippen molar-refractivity contribution in [1.29, 1.82) is 0 Å². The Labute approximate surface area is 149 Å². The molecule has 0 radical (unpaired) electrons. The Balaban J connectivity index is 2.21. The zero-order chi connectivity index (χ0) is 18.8. The van der Waals surface area contributed by atoms with Crippen LogP contribution in [0.2, 0.25) is 0 Å². The number of nitrogens with zero attached hydrogens (tertiary/aromatic N) is 2. The van der Waals surface area contributed by atoms with Crippen LogP contribution in [0, 0.1) is 23.3 Å². The van der Waals surface area contributed by atoms with Crippen molar-refractivity contribution >= 4 is 27.5 Å². The lowest BCUT2D eigenvalue weighted by Gasteiger charge is -2.05. The van der Waals surface area contributed by atoms with Crippen LogP contribution < -0.4 is 4.80 Å². The third-order valence-electron chi connectivity index (χ3n) is 3.59. The summed E-state index contributed by atoms with van der Waals surface area (Å²) in [5.74, 6) is -4.88. The molecule has 3 rings (SSSR count). The zero-order valence-electron chi connectivity index (χ0n) is 13.4. The number of aromatic nitrogens is 1. The number of hydrogen-bond donors (Lipinski definition) is 0. The van der Waals surface area contributed by atoms with Gasteiger partial charge in [-0.2, -0.15) is 4.99 Å². The van der Waals surface area contributed by atoms with Crippen molar-refractivity contribution in [1.82, 2.24) is 4.57 Å². The summed E-state index contributed by atoms with van der Waals surface area (Å²) in [6.45, 7) is 0.281. The number of benzene rings is 2. The summed E-state index contributed by atoms with van der Waals surface area (Å²) in [4.78, 5) is 16.0. The first-order valence-corrected chi connectivity index (χ1v) is 8.24. The minimum absolute atomic E-state index is 0.0193. The Morgan fingerprint density at radius 2 is 1.85 bits per heavy atom. The van der Waals surface area contributed by atoms with Gasteiger partial charge in [-0.15, -0.1) is 0 Å². The molecule has 0 spiro atoms. The number of rotatable bonds is 4. The quantitative estimate of drug-likeness (QED) is 0.645. The van der Waals surface area contributed by atoms with Gasteiger partial charge < -0.3 is 9.30 Å².